The lowest BCUT2D eigenvalue weighted by molar-refractivity contribution is -0.104. The van der Waals surface area contributed by atoms with Crippen LogP contribution in [-0.2, 0) is 4.79 Å². The molecular formula is C6H5NOS. The van der Waals surface area contributed by atoms with E-state index >= 15 is 0 Å². The molecule has 0 spiro atoms. The lowest BCUT2D eigenvalue weighted by Crippen LogP contribution is -1.74. The van der Waals surface area contributed by atoms with Gasteiger partial charge in [-0.25, -0.2) is 0 Å². The molecule has 0 N–H and O–H groups in total. The molecular weight excluding hydrogens is 134 g/mol. The topological polar surface area (TPSA) is 29.4 Å². The Morgan fingerprint density at radius 2 is 2.56 bits per heavy atom. The fourth-order valence-electron chi connectivity index (χ4n) is 0.417. The van der Waals surface area contributed by atoms with E-state index in [0.29, 0.717) is 5.57 Å². The van der Waals surface area contributed by atoms with E-state index < -0.39 is 0 Å². The van der Waals surface area contributed by atoms with E-state index in [4.69, 9.17) is 0 Å². The SMILES string of the molecule is O=CC1=CN=CSC=C1. The van der Waals surface area contributed by atoms with Crippen molar-refractivity contribution in [1.82, 2.24) is 0 Å². The van der Waals surface area contributed by atoms with Crippen molar-refractivity contribution < 1.29 is 4.79 Å². The van der Waals surface area contributed by atoms with Gasteiger partial charge in [0, 0.05) is 11.8 Å². The minimum Gasteiger partial charge on any atom is -0.298 e. The molecule has 0 aromatic heterocycles. The van der Waals surface area contributed by atoms with E-state index in [1.165, 1.54) is 18.0 Å². The summed E-state index contributed by atoms with van der Waals surface area (Å²) in [5.41, 5.74) is 2.28. The first-order chi connectivity index (χ1) is 4.43. The Hall–Kier alpha value is -0.830. The zero-order chi connectivity index (χ0) is 6.53. The number of rotatable bonds is 1. The van der Waals surface area contributed by atoms with Gasteiger partial charge in [-0.3, -0.25) is 9.79 Å². The van der Waals surface area contributed by atoms with Crippen molar-refractivity contribution >= 4 is 23.6 Å². The number of aliphatic imine (C=N–C) groups is 1. The summed E-state index contributed by atoms with van der Waals surface area (Å²) in [5.74, 6) is 0. The number of carbonyl (C=O) groups excluding carboxylic acids is 1. The van der Waals surface area contributed by atoms with Crippen LogP contribution in [0.15, 0.2) is 28.2 Å². The summed E-state index contributed by atoms with van der Waals surface area (Å²) in [6.07, 6.45) is 4.04. The van der Waals surface area contributed by atoms with Crippen LogP contribution in [0.5, 0.6) is 0 Å². The molecule has 1 heterocycles. The van der Waals surface area contributed by atoms with Crippen molar-refractivity contribution in [3.63, 3.8) is 0 Å². The number of nitrogens with zero attached hydrogens (tertiary/aromatic N) is 1. The molecule has 9 heavy (non-hydrogen) atoms. The average molecular weight is 139 g/mol. The molecule has 3 heteroatoms. The molecule has 0 bridgehead atoms. The van der Waals surface area contributed by atoms with Gasteiger partial charge < -0.3 is 0 Å². The maximum atomic E-state index is 10.1. The Balaban J connectivity index is 2.78. The highest BCUT2D eigenvalue weighted by Crippen LogP contribution is 2.05. The number of hydrogen-bond donors (Lipinski definition) is 0. The van der Waals surface area contributed by atoms with Crippen molar-refractivity contribution in [2.24, 2.45) is 4.99 Å². The Labute approximate surface area is 57.4 Å². The third kappa shape index (κ3) is 1.85. The first kappa shape index (κ1) is 6.29. The predicted octanol–water partition coefficient (Wildman–Crippen LogP) is 1.36. The standard InChI is InChI=1S/C6H5NOS/c8-4-6-1-2-9-5-7-3-6/h1-5H. The molecule has 1 rings (SSSR count). The van der Waals surface area contributed by atoms with Gasteiger partial charge in [-0.05, 0) is 11.5 Å². The number of aldehydes is 1. The van der Waals surface area contributed by atoms with E-state index in [9.17, 15) is 4.79 Å². The van der Waals surface area contributed by atoms with Crippen molar-refractivity contribution in [2.75, 3.05) is 0 Å². The first-order valence-corrected chi connectivity index (χ1v) is 3.37. The molecule has 0 saturated carbocycles. The van der Waals surface area contributed by atoms with Crippen LogP contribution < -0.4 is 0 Å². The summed E-state index contributed by atoms with van der Waals surface area (Å²) in [6, 6.07) is 0. The second kappa shape index (κ2) is 3.25. The lowest BCUT2D eigenvalue weighted by Gasteiger charge is -1.78. The summed E-state index contributed by atoms with van der Waals surface area (Å²) >= 11 is 1.45. The highest BCUT2D eigenvalue weighted by Gasteiger charge is 1.88. The van der Waals surface area contributed by atoms with Gasteiger partial charge in [-0.2, -0.15) is 0 Å². The Morgan fingerprint density at radius 3 is 3.33 bits per heavy atom. The average Bonchev–Trinajstić information content (AvgIpc) is 2.13. The molecule has 0 aromatic rings. The van der Waals surface area contributed by atoms with Gasteiger partial charge in [-0.1, -0.05) is 11.8 Å². The molecule has 0 unspecified atom stereocenters. The smallest absolute Gasteiger partial charge is 0.151 e. The fraction of sp³-hybridized carbons (Fsp3) is 0. The zero-order valence-electron chi connectivity index (χ0n) is 4.65. The monoisotopic (exact) mass is 139 g/mol. The molecule has 0 fully saturated rings. The summed E-state index contributed by atoms with van der Waals surface area (Å²) < 4.78 is 0. The number of hydrogen-bond acceptors (Lipinski definition) is 3. The molecule has 0 aromatic carbocycles. The minimum absolute atomic E-state index is 0.608. The Morgan fingerprint density at radius 1 is 1.67 bits per heavy atom. The summed E-state index contributed by atoms with van der Waals surface area (Å²) in [4.78, 5) is 13.9. The van der Waals surface area contributed by atoms with E-state index in [1.54, 1.807) is 11.6 Å². The fourth-order valence-corrected chi connectivity index (χ4v) is 0.854. The molecule has 0 radical (unpaired) electrons. The molecule has 0 saturated heterocycles. The van der Waals surface area contributed by atoms with Gasteiger partial charge in [0.05, 0.1) is 5.55 Å². The Kier molecular flexibility index (Phi) is 2.27. The second-order valence-corrected chi connectivity index (χ2v) is 2.20. The third-order valence-electron chi connectivity index (χ3n) is 0.820. The van der Waals surface area contributed by atoms with Crippen LogP contribution in [0.25, 0.3) is 0 Å². The van der Waals surface area contributed by atoms with Gasteiger partial charge in [0.2, 0.25) is 0 Å². The lowest BCUT2D eigenvalue weighted by atomic mass is 10.3. The van der Waals surface area contributed by atoms with Crippen LogP contribution in [0.3, 0.4) is 0 Å². The molecule has 1 aliphatic heterocycles. The first-order valence-electron chi connectivity index (χ1n) is 2.42. The number of carbonyl (C=O) groups is 1. The highest BCUT2D eigenvalue weighted by atomic mass is 32.2. The maximum Gasteiger partial charge on any atom is 0.151 e. The maximum absolute atomic E-state index is 10.1. The van der Waals surface area contributed by atoms with E-state index in [0.717, 1.165) is 6.29 Å². The van der Waals surface area contributed by atoms with Crippen LogP contribution in [0.1, 0.15) is 0 Å². The summed E-state index contributed by atoms with van der Waals surface area (Å²) in [5, 5.41) is 1.82. The van der Waals surface area contributed by atoms with E-state index in [-0.39, 0.29) is 0 Å². The Bertz CT molecular complexity index is 193. The molecule has 1 aliphatic rings. The van der Waals surface area contributed by atoms with Gasteiger partial charge in [-0.15, -0.1) is 0 Å². The molecule has 46 valence electrons. The van der Waals surface area contributed by atoms with Crippen LogP contribution in [0.2, 0.25) is 0 Å². The van der Waals surface area contributed by atoms with Crippen LogP contribution in [0, 0.1) is 0 Å². The van der Waals surface area contributed by atoms with Crippen LogP contribution >= 0.6 is 11.8 Å². The predicted molar refractivity (Wildman–Crippen MR) is 39.4 cm³/mol. The highest BCUT2D eigenvalue weighted by molar-refractivity contribution is 8.14. The number of allylic oxidation sites excluding steroid dienone is 2. The van der Waals surface area contributed by atoms with Crippen LogP contribution in [-0.4, -0.2) is 11.8 Å². The summed E-state index contributed by atoms with van der Waals surface area (Å²) in [7, 11) is 0. The quantitative estimate of drug-likeness (QED) is 0.513. The van der Waals surface area contributed by atoms with Gasteiger partial charge in [0.1, 0.15) is 0 Å². The normalized spacial score (nSPS) is 16.7. The molecule has 2 nitrogen and oxygen atoms in total. The van der Waals surface area contributed by atoms with Crippen molar-refractivity contribution in [1.29, 1.82) is 0 Å². The largest absolute Gasteiger partial charge is 0.298 e. The minimum atomic E-state index is 0.608. The van der Waals surface area contributed by atoms with Crippen LogP contribution in [0.4, 0.5) is 0 Å². The van der Waals surface area contributed by atoms with Gasteiger partial charge in [0.15, 0.2) is 6.29 Å². The van der Waals surface area contributed by atoms with E-state index in [2.05, 4.69) is 4.99 Å². The summed E-state index contributed by atoms with van der Waals surface area (Å²) in [6.45, 7) is 0. The van der Waals surface area contributed by atoms with E-state index in [1.807, 2.05) is 5.41 Å². The number of thioether (sulfide) groups is 1. The van der Waals surface area contributed by atoms with Gasteiger partial charge >= 0.3 is 0 Å². The molecule has 0 atom stereocenters. The third-order valence-corrected chi connectivity index (χ3v) is 1.36. The second-order valence-electron chi connectivity index (χ2n) is 1.44. The van der Waals surface area contributed by atoms with Crippen molar-refractivity contribution in [2.45, 2.75) is 0 Å². The molecule has 0 aliphatic carbocycles. The van der Waals surface area contributed by atoms with Gasteiger partial charge in [0.25, 0.3) is 0 Å². The van der Waals surface area contributed by atoms with Crippen molar-refractivity contribution in [3.8, 4) is 0 Å². The van der Waals surface area contributed by atoms with Crippen molar-refractivity contribution in [3.05, 3.63) is 23.3 Å². The zero-order valence-corrected chi connectivity index (χ0v) is 5.47. The molecule has 0 amide bonds.